The number of carboxylic acids is 1. The van der Waals surface area contributed by atoms with Crippen LogP contribution in [0.2, 0.25) is 0 Å². The second kappa shape index (κ2) is 4.72. The zero-order valence-electron chi connectivity index (χ0n) is 12.0. The van der Waals surface area contributed by atoms with Crippen LogP contribution in [0.1, 0.15) is 48.4 Å². The molecule has 6 heteroatoms. The van der Waals surface area contributed by atoms with Gasteiger partial charge in [0.25, 0.3) is 0 Å². The molecule has 0 saturated carbocycles. The largest absolute Gasteiger partial charge is 0.494 e. The van der Waals surface area contributed by atoms with Crippen LogP contribution in [-0.4, -0.2) is 35.7 Å². The average Bonchev–Trinajstić information content (AvgIpc) is 2.58. The number of rotatable bonds is 3. The Bertz CT molecular complexity index is 549. The first-order chi connectivity index (χ1) is 9.16. The van der Waals surface area contributed by atoms with Gasteiger partial charge in [0.2, 0.25) is 0 Å². The van der Waals surface area contributed by atoms with E-state index in [0.29, 0.717) is 11.7 Å². The standard InChI is InChI=1S/C14H17BO5/c1-13(2)14(3,4)20-15(19-13)11-6-9(8-16)5-10(7-11)12(17)18/h5-8H,1-4H3,(H,17,18). The van der Waals surface area contributed by atoms with Gasteiger partial charge in [-0.25, -0.2) is 4.79 Å². The summed E-state index contributed by atoms with van der Waals surface area (Å²) in [7, 11) is -0.682. The molecular weight excluding hydrogens is 259 g/mol. The molecule has 1 fully saturated rings. The second-order valence-electron chi connectivity index (χ2n) is 5.90. The van der Waals surface area contributed by atoms with Crippen LogP contribution in [0.5, 0.6) is 0 Å². The Hall–Kier alpha value is -1.66. The van der Waals surface area contributed by atoms with E-state index in [2.05, 4.69) is 0 Å². The molecule has 0 aromatic heterocycles. The Kier molecular flexibility index (Phi) is 3.48. The van der Waals surface area contributed by atoms with Crippen LogP contribution < -0.4 is 5.46 Å². The van der Waals surface area contributed by atoms with Gasteiger partial charge < -0.3 is 14.4 Å². The summed E-state index contributed by atoms with van der Waals surface area (Å²) in [5, 5.41) is 9.08. The van der Waals surface area contributed by atoms with Crippen LogP contribution in [0.15, 0.2) is 18.2 Å². The number of carbonyl (C=O) groups excluding carboxylic acids is 1. The van der Waals surface area contributed by atoms with Crippen molar-refractivity contribution in [3.05, 3.63) is 29.3 Å². The van der Waals surface area contributed by atoms with Gasteiger partial charge in [-0.05, 0) is 45.3 Å². The summed E-state index contributed by atoms with van der Waals surface area (Å²) in [5.41, 5.74) is -0.171. The minimum Gasteiger partial charge on any atom is -0.478 e. The maximum absolute atomic E-state index is 11.1. The van der Waals surface area contributed by atoms with E-state index < -0.39 is 24.3 Å². The molecule has 1 N–H and O–H groups in total. The third-order valence-electron chi connectivity index (χ3n) is 3.89. The van der Waals surface area contributed by atoms with Crippen molar-refractivity contribution in [2.24, 2.45) is 0 Å². The molecule has 1 aromatic carbocycles. The van der Waals surface area contributed by atoms with Crippen molar-refractivity contribution in [1.29, 1.82) is 0 Å². The monoisotopic (exact) mass is 276 g/mol. The van der Waals surface area contributed by atoms with Gasteiger partial charge in [-0.15, -0.1) is 0 Å². The average molecular weight is 276 g/mol. The molecule has 1 aliphatic rings. The summed E-state index contributed by atoms with van der Waals surface area (Å²) in [6.07, 6.45) is 0.612. The first-order valence-electron chi connectivity index (χ1n) is 6.35. The fourth-order valence-corrected chi connectivity index (χ4v) is 1.98. The smallest absolute Gasteiger partial charge is 0.478 e. The molecule has 20 heavy (non-hydrogen) atoms. The van der Waals surface area contributed by atoms with E-state index in [9.17, 15) is 9.59 Å². The first-order valence-corrected chi connectivity index (χ1v) is 6.35. The molecule has 0 aliphatic carbocycles. The van der Waals surface area contributed by atoms with Gasteiger partial charge in [0.15, 0.2) is 0 Å². The third kappa shape index (κ3) is 2.49. The maximum Gasteiger partial charge on any atom is 0.494 e. The molecular formula is C14H17BO5. The number of carboxylic acid groups (broad SMARTS) is 1. The van der Waals surface area contributed by atoms with Gasteiger partial charge >= 0.3 is 13.1 Å². The number of hydrogen-bond donors (Lipinski definition) is 1. The summed E-state index contributed by atoms with van der Waals surface area (Å²) in [6.45, 7) is 7.65. The van der Waals surface area contributed by atoms with E-state index in [0.717, 1.165) is 0 Å². The quantitative estimate of drug-likeness (QED) is 0.669. The maximum atomic E-state index is 11.1. The van der Waals surface area contributed by atoms with Crippen molar-refractivity contribution < 1.29 is 24.0 Å². The summed E-state index contributed by atoms with van der Waals surface area (Å²) < 4.78 is 11.7. The van der Waals surface area contributed by atoms with Crippen molar-refractivity contribution in [3.63, 3.8) is 0 Å². The van der Waals surface area contributed by atoms with Crippen LogP contribution in [0.3, 0.4) is 0 Å². The van der Waals surface area contributed by atoms with Gasteiger partial charge in [-0.2, -0.15) is 0 Å². The molecule has 1 saturated heterocycles. The molecule has 0 radical (unpaired) electrons. The fraction of sp³-hybridized carbons (Fsp3) is 0.429. The zero-order chi connectivity index (χ0) is 15.1. The van der Waals surface area contributed by atoms with E-state index >= 15 is 0 Å². The predicted molar refractivity (Wildman–Crippen MR) is 74.5 cm³/mol. The SMILES string of the molecule is CC1(C)OB(c2cc(C=O)cc(C(=O)O)c2)OC1(C)C. The molecule has 1 aliphatic heterocycles. The highest BCUT2D eigenvalue weighted by Crippen LogP contribution is 2.36. The number of hydrogen-bond acceptors (Lipinski definition) is 4. The summed E-state index contributed by atoms with van der Waals surface area (Å²) in [5.74, 6) is -1.09. The Morgan fingerprint density at radius 1 is 1.15 bits per heavy atom. The minimum atomic E-state index is -1.09. The number of aldehydes is 1. The van der Waals surface area contributed by atoms with Crippen molar-refractivity contribution in [1.82, 2.24) is 0 Å². The van der Waals surface area contributed by atoms with Crippen molar-refractivity contribution in [2.45, 2.75) is 38.9 Å². The van der Waals surface area contributed by atoms with E-state index in [-0.39, 0.29) is 11.1 Å². The van der Waals surface area contributed by atoms with Gasteiger partial charge in [-0.1, -0.05) is 6.07 Å². The molecule has 1 aromatic rings. The minimum absolute atomic E-state index is 0.0410. The summed E-state index contributed by atoms with van der Waals surface area (Å²) in [4.78, 5) is 22.0. The van der Waals surface area contributed by atoms with E-state index in [1.165, 1.54) is 12.1 Å². The van der Waals surface area contributed by atoms with Crippen LogP contribution in [0, 0.1) is 0 Å². The highest BCUT2D eigenvalue weighted by molar-refractivity contribution is 6.62. The summed E-state index contributed by atoms with van der Waals surface area (Å²) in [6, 6.07) is 4.38. The van der Waals surface area contributed by atoms with Crippen molar-refractivity contribution >= 4 is 24.8 Å². The molecule has 0 atom stereocenters. The van der Waals surface area contributed by atoms with Gasteiger partial charge in [0.05, 0.1) is 16.8 Å². The lowest BCUT2D eigenvalue weighted by atomic mass is 9.77. The van der Waals surface area contributed by atoms with Crippen LogP contribution in [0.4, 0.5) is 0 Å². The topological polar surface area (TPSA) is 72.8 Å². The van der Waals surface area contributed by atoms with Gasteiger partial charge in [-0.3, -0.25) is 4.79 Å². The lowest BCUT2D eigenvalue weighted by Gasteiger charge is -2.32. The van der Waals surface area contributed by atoms with Crippen LogP contribution in [-0.2, 0) is 9.31 Å². The van der Waals surface area contributed by atoms with Crippen LogP contribution >= 0.6 is 0 Å². The number of aromatic carboxylic acids is 1. The van der Waals surface area contributed by atoms with E-state index in [1.807, 2.05) is 27.7 Å². The van der Waals surface area contributed by atoms with Crippen molar-refractivity contribution in [2.75, 3.05) is 0 Å². The van der Waals surface area contributed by atoms with Crippen molar-refractivity contribution in [3.8, 4) is 0 Å². The fourth-order valence-electron chi connectivity index (χ4n) is 1.98. The highest BCUT2D eigenvalue weighted by Gasteiger charge is 2.51. The Balaban J connectivity index is 2.42. The number of carbonyl (C=O) groups is 2. The Morgan fingerprint density at radius 3 is 2.15 bits per heavy atom. The highest BCUT2D eigenvalue weighted by atomic mass is 16.7. The Labute approximate surface area is 118 Å². The Morgan fingerprint density at radius 2 is 1.70 bits per heavy atom. The molecule has 0 bridgehead atoms. The molecule has 5 nitrogen and oxygen atoms in total. The normalized spacial score (nSPS) is 19.9. The van der Waals surface area contributed by atoms with Gasteiger partial charge in [0.1, 0.15) is 6.29 Å². The lowest BCUT2D eigenvalue weighted by Crippen LogP contribution is -2.41. The molecule has 0 amide bonds. The van der Waals surface area contributed by atoms with Gasteiger partial charge in [0, 0.05) is 5.56 Å². The predicted octanol–water partition coefficient (Wildman–Crippen LogP) is 1.50. The first kappa shape index (κ1) is 14.7. The lowest BCUT2D eigenvalue weighted by molar-refractivity contribution is 0.00578. The van der Waals surface area contributed by atoms with E-state index in [4.69, 9.17) is 14.4 Å². The molecule has 0 unspecified atom stereocenters. The molecule has 0 spiro atoms. The zero-order valence-corrected chi connectivity index (χ0v) is 12.0. The molecule has 106 valence electrons. The third-order valence-corrected chi connectivity index (χ3v) is 3.89. The molecule has 1 heterocycles. The van der Waals surface area contributed by atoms with Crippen LogP contribution in [0.25, 0.3) is 0 Å². The number of benzene rings is 1. The summed E-state index contributed by atoms with van der Waals surface area (Å²) >= 11 is 0. The van der Waals surface area contributed by atoms with E-state index in [1.54, 1.807) is 6.07 Å². The second-order valence-corrected chi connectivity index (χ2v) is 5.90. The molecule has 2 rings (SSSR count).